The van der Waals surface area contributed by atoms with E-state index in [1.54, 1.807) is 0 Å². The Bertz CT molecular complexity index is 186. The summed E-state index contributed by atoms with van der Waals surface area (Å²) in [5.74, 6) is -0.772. The Kier molecular flexibility index (Phi) is 4.47. The molecule has 0 atom stereocenters. The lowest BCUT2D eigenvalue weighted by Gasteiger charge is -1.98. The van der Waals surface area contributed by atoms with Crippen molar-refractivity contribution in [1.29, 1.82) is 0 Å². The van der Waals surface area contributed by atoms with Gasteiger partial charge < -0.3 is 10.1 Å². The van der Waals surface area contributed by atoms with Crippen molar-refractivity contribution >= 4 is 12.1 Å². The molecule has 0 saturated carbocycles. The van der Waals surface area contributed by atoms with Gasteiger partial charge in [0.1, 0.15) is 0 Å². The summed E-state index contributed by atoms with van der Waals surface area (Å²) < 4.78 is 4.15. The number of esters is 1. The van der Waals surface area contributed by atoms with Crippen LogP contribution in [-0.2, 0) is 9.53 Å². The van der Waals surface area contributed by atoms with E-state index in [-0.39, 0.29) is 6.54 Å². The molecule has 0 spiro atoms. The van der Waals surface area contributed by atoms with Crippen LogP contribution >= 0.6 is 0 Å². The standard InChI is InChI=1S/C7H9NO3/c1-3-5-8-7(10)11-6(9)4-2/h3-4H,1-2,5H2,(H,8,10). The second-order valence-corrected chi connectivity index (χ2v) is 1.58. The van der Waals surface area contributed by atoms with Crippen molar-refractivity contribution < 1.29 is 14.3 Å². The molecule has 60 valence electrons. The maximum Gasteiger partial charge on any atom is 0.415 e. The van der Waals surface area contributed by atoms with Crippen LogP contribution in [0.5, 0.6) is 0 Å². The minimum atomic E-state index is -0.796. The Hall–Kier alpha value is -1.58. The molecule has 0 aliphatic rings. The molecule has 0 aromatic rings. The number of rotatable bonds is 3. The predicted octanol–water partition coefficient (Wildman–Crippen LogP) is 0.611. The summed E-state index contributed by atoms with van der Waals surface area (Å²) in [6.45, 7) is 6.74. The maximum atomic E-state index is 10.5. The monoisotopic (exact) mass is 155 g/mol. The Morgan fingerprint density at radius 1 is 1.45 bits per heavy atom. The molecule has 0 rings (SSSR count). The minimum Gasteiger partial charge on any atom is -0.373 e. The third-order valence-electron chi connectivity index (χ3n) is 0.751. The van der Waals surface area contributed by atoms with Gasteiger partial charge in [-0.05, 0) is 0 Å². The van der Waals surface area contributed by atoms with Crippen LogP contribution in [0.1, 0.15) is 0 Å². The third-order valence-corrected chi connectivity index (χ3v) is 0.751. The van der Waals surface area contributed by atoms with E-state index in [0.717, 1.165) is 6.08 Å². The molecule has 11 heavy (non-hydrogen) atoms. The van der Waals surface area contributed by atoms with E-state index in [1.165, 1.54) is 6.08 Å². The van der Waals surface area contributed by atoms with Gasteiger partial charge in [0, 0.05) is 12.6 Å². The van der Waals surface area contributed by atoms with Crippen LogP contribution in [0, 0.1) is 0 Å². The van der Waals surface area contributed by atoms with Gasteiger partial charge >= 0.3 is 12.1 Å². The number of alkyl carbamates (subject to hydrolysis) is 1. The first-order valence-corrected chi connectivity index (χ1v) is 2.93. The normalized spacial score (nSPS) is 8.00. The summed E-state index contributed by atoms with van der Waals surface area (Å²) >= 11 is 0. The fourth-order valence-electron chi connectivity index (χ4n) is 0.325. The van der Waals surface area contributed by atoms with Gasteiger partial charge in [-0.15, -0.1) is 6.58 Å². The molecule has 4 nitrogen and oxygen atoms in total. The van der Waals surface area contributed by atoms with Crippen molar-refractivity contribution in [3.63, 3.8) is 0 Å². The summed E-state index contributed by atoms with van der Waals surface area (Å²) in [6.07, 6.45) is 1.59. The highest BCUT2D eigenvalue weighted by atomic mass is 16.6. The number of hydrogen-bond donors (Lipinski definition) is 1. The lowest BCUT2D eigenvalue weighted by Crippen LogP contribution is -2.25. The Morgan fingerprint density at radius 2 is 2.09 bits per heavy atom. The number of carbonyl (C=O) groups excluding carboxylic acids is 2. The molecule has 0 aromatic carbocycles. The van der Waals surface area contributed by atoms with E-state index in [1.807, 2.05) is 0 Å². The smallest absolute Gasteiger partial charge is 0.373 e. The quantitative estimate of drug-likeness (QED) is 0.281. The van der Waals surface area contributed by atoms with E-state index in [0.29, 0.717) is 0 Å². The predicted molar refractivity (Wildman–Crippen MR) is 39.9 cm³/mol. The number of carbonyl (C=O) groups is 2. The zero-order valence-corrected chi connectivity index (χ0v) is 6.00. The molecule has 0 saturated heterocycles. The van der Waals surface area contributed by atoms with E-state index in [4.69, 9.17) is 0 Å². The van der Waals surface area contributed by atoms with E-state index < -0.39 is 12.1 Å². The Morgan fingerprint density at radius 3 is 2.55 bits per heavy atom. The van der Waals surface area contributed by atoms with Gasteiger partial charge in [-0.3, -0.25) is 0 Å². The Balaban J connectivity index is 3.60. The lowest BCUT2D eigenvalue weighted by molar-refractivity contribution is -0.131. The summed E-state index contributed by atoms with van der Waals surface area (Å²) in [6, 6.07) is 0. The SMILES string of the molecule is C=CCNC(=O)OC(=O)C=C. The number of hydrogen-bond acceptors (Lipinski definition) is 3. The van der Waals surface area contributed by atoms with Crippen LogP contribution in [0.4, 0.5) is 4.79 Å². The number of amides is 1. The van der Waals surface area contributed by atoms with Crippen molar-refractivity contribution in [2.45, 2.75) is 0 Å². The minimum absolute atomic E-state index is 0.267. The maximum absolute atomic E-state index is 10.5. The van der Waals surface area contributed by atoms with Crippen LogP contribution in [0.25, 0.3) is 0 Å². The summed E-state index contributed by atoms with van der Waals surface area (Å²) in [7, 11) is 0. The van der Waals surface area contributed by atoms with E-state index in [2.05, 4.69) is 23.2 Å². The fourth-order valence-corrected chi connectivity index (χ4v) is 0.325. The molecule has 0 aliphatic carbocycles. The van der Waals surface area contributed by atoms with Crippen molar-refractivity contribution in [3.8, 4) is 0 Å². The van der Waals surface area contributed by atoms with Gasteiger partial charge in [-0.1, -0.05) is 12.7 Å². The zero-order chi connectivity index (χ0) is 8.69. The first kappa shape index (κ1) is 9.42. The molecule has 0 bridgehead atoms. The van der Waals surface area contributed by atoms with Crippen LogP contribution in [0.3, 0.4) is 0 Å². The zero-order valence-electron chi connectivity index (χ0n) is 6.00. The summed E-state index contributed by atoms with van der Waals surface area (Å²) in [4.78, 5) is 20.9. The van der Waals surface area contributed by atoms with E-state index in [9.17, 15) is 9.59 Å². The van der Waals surface area contributed by atoms with Gasteiger partial charge in [0.15, 0.2) is 0 Å². The lowest BCUT2D eigenvalue weighted by atomic mass is 10.6. The molecule has 0 heterocycles. The first-order chi connectivity index (χ1) is 5.20. The van der Waals surface area contributed by atoms with Crippen LogP contribution in [0.2, 0.25) is 0 Å². The molecule has 0 unspecified atom stereocenters. The van der Waals surface area contributed by atoms with Crippen molar-refractivity contribution in [2.24, 2.45) is 0 Å². The van der Waals surface area contributed by atoms with Crippen LogP contribution in [-0.4, -0.2) is 18.6 Å². The van der Waals surface area contributed by atoms with Gasteiger partial charge in [0.05, 0.1) is 0 Å². The largest absolute Gasteiger partial charge is 0.415 e. The molecule has 0 radical (unpaired) electrons. The molecular formula is C7H9NO3. The number of nitrogens with one attached hydrogen (secondary N) is 1. The number of ether oxygens (including phenoxy) is 1. The second kappa shape index (κ2) is 5.22. The summed E-state index contributed by atoms with van der Waals surface area (Å²) in [5, 5.41) is 2.25. The second-order valence-electron chi connectivity index (χ2n) is 1.58. The molecule has 0 fully saturated rings. The molecule has 1 N–H and O–H groups in total. The molecule has 4 heteroatoms. The highest BCUT2D eigenvalue weighted by Crippen LogP contribution is 1.80. The highest BCUT2D eigenvalue weighted by molar-refractivity contribution is 5.90. The van der Waals surface area contributed by atoms with Gasteiger partial charge in [0.25, 0.3) is 0 Å². The van der Waals surface area contributed by atoms with Gasteiger partial charge in [-0.25, -0.2) is 9.59 Å². The first-order valence-electron chi connectivity index (χ1n) is 2.93. The average Bonchev–Trinajstić information content (AvgIpc) is 2.00. The van der Waals surface area contributed by atoms with Crippen molar-refractivity contribution in [1.82, 2.24) is 5.32 Å². The average molecular weight is 155 g/mol. The molecular weight excluding hydrogens is 146 g/mol. The molecule has 0 aliphatic heterocycles. The highest BCUT2D eigenvalue weighted by Gasteiger charge is 2.03. The van der Waals surface area contributed by atoms with Gasteiger partial charge in [-0.2, -0.15) is 0 Å². The van der Waals surface area contributed by atoms with Crippen LogP contribution < -0.4 is 5.32 Å². The summed E-state index contributed by atoms with van der Waals surface area (Å²) in [5.41, 5.74) is 0. The topological polar surface area (TPSA) is 55.4 Å². The van der Waals surface area contributed by atoms with Gasteiger partial charge in [0.2, 0.25) is 0 Å². The van der Waals surface area contributed by atoms with Crippen molar-refractivity contribution in [3.05, 3.63) is 25.3 Å². The molecule has 0 aromatic heterocycles. The van der Waals surface area contributed by atoms with Crippen molar-refractivity contribution in [2.75, 3.05) is 6.54 Å². The van der Waals surface area contributed by atoms with E-state index >= 15 is 0 Å². The molecule has 1 amide bonds. The third kappa shape index (κ3) is 4.90. The van der Waals surface area contributed by atoms with Crippen LogP contribution in [0.15, 0.2) is 25.3 Å². The Labute approximate surface area is 64.5 Å². The fraction of sp³-hybridized carbons (Fsp3) is 0.143.